The largest absolute Gasteiger partial charge is 0.341 e. The van der Waals surface area contributed by atoms with Crippen LogP contribution >= 0.6 is 0 Å². The van der Waals surface area contributed by atoms with Gasteiger partial charge in [-0.15, -0.1) is 0 Å². The number of likely N-dealkylation sites (tertiary alicyclic amines) is 1. The van der Waals surface area contributed by atoms with Crippen molar-refractivity contribution in [1.82, 2.24) is 14.9 Å². The summed E-state index contributed by atoms with van der Waals surface area (Å²) in [6.45, 7) is 8.25. The molecule has 1 aromatic heterocycles. The van der Waals surface area contributed by atoms with Gasteiger partial charge in [-0.1, -0.05) is 13.8 Å². The van der Waals surface area contributed by atoms with Crippen molar-refractivity contribution < 1.29 is 4.79 Å². The Labute approximate surface area is 132 Å². The van der Waals surface area contributed by atoms with Crippen LogP contribution in [0.5, 0.6) is 0 Å². The van der Waals surface area contributed by atoms with E-state index in [9.17, 15) is 4.79 Å². The lowest BCUT2D eigenvalue weighted by Crippen LogP contribution is -2.38. The fraction of sp³-hybridized carbons (Fsp3) is 0.706. The Morgan fingerprint density at radius 2 is 1.73 bits per heavy atom. The number of carbonyl (C=O) groups excluding carboxylic acids is 1. The number of amides is 1. The van der Waals surface area contributed by atoms with E-state index in [4.69, 9.17) is 0 Å². The fourth-order valence-corrected chi connectivity index (χ4v) is 3.36. The smallest absolute Gasteiger partial charge is 0.256 e. The third-order valence-electron chi connectivity index (χ3n) is 4.90. The van der Waals surface area contributed by atoms with Gasteiger partial charge in [0.1, 0.15) is 0 Å². The molecule has 1 atom stereocenters. The van der Waals surface area contributed by atoms with E-state index in [1.54, 1.807) is 12.4 Å². The number of hydrogen-bond donors (Lipinski definition) is 0. The molecule has 5 nitrogen and oxygen atoms in total. The SMILES string of the molecule is CC1CCN(C(=O)c2cnc(N3CCCC(C)C3)nc2)CC1. The van der Waals surface area contributed by atoms with E-state index in [0.29, 0.717) is 11.5 Å². The normalized spacial score (nSPS) is 23.6. The maximum atomic E-state index is 12.5. The molecule has 0 radical (unpaired) electrons. The first-order valence-electron chi connectivity index (χ1n) is 8.49. The zero-order valence-corrected chi connectivity index (χ0v) is 13.7. The monoisotopic (exact) mass is 302 g/mol. The van der Waals surface area contributed by atoms with Gasteiger partial charge in [0.2, 0.25) is 5.95 Å². The molecule has 22 heavy (non-hydrogen) atoms. The summed E-state index contributed by atoms with van der Waals surface area (Å²) in [6, 6.07) is 0. The van der Waals surface area contributed by atoms with E-state index in [2.05, 4.69) is 28.7 Å². The number of anilines is 1. The molecule has 0 N–H and O–H groups in total. The summed E-state index contributed by atoms with van der Waals surface area (Å²) >= 11 is 0. The topological polar surface area (TPSA) is 49.3 Å². The number of carbonyl (C=O) groups is 1. The number of piperidine rings is 2. The first-order valence-corrected chi connectivity index (χ1v) is 8.49. The van der Waals surface area contributed by atoms with Crippen molar-refractivity contribution in [2.45, 2.75) is 39.5 Å². The Balaban J connectivity index is 1.64. The van der Waals surface area contributed by atoms with Gasteiger partial charge in [-0.05, 0) is 37.5 Å². The van der Waals surface area contributed by atoms with Gasteiger partial charge in [-0.3, -0.25) is 4.79 Å². The summed E-state index contributed by atoms with van der Waals surface area (Å²) in [6.07, 6.45) is 8.05. The molecule has 5 heteroatoms. The minimum absolute atomic E-state index is 0.0745. The zero-order chi connectivity index (χ0) is 15.5. The molecule has 1 aromatic rings. The molecule has 1 amide bonds. The van der Waals surface area contributed by atoms with Crippen LogP contribution < -0.4 is 4.90 Å². The lowest BCUT2D eigenvalue weighted by molar-refractivity contribution is 0.0696. The molecule has 3 rings (SSSR count). The van der Waals surface area contributed by atoms with Crippen LogP contribution in [0.25, 0.3) is 0 Å². The third-order valence-corrected chi connectivity index (χ3v) is 4.90. The van der Waals surface area contributed by atoms with Crippen LogP contribution in [-0.2, 0) is 0 Å². The van der Waals surface area contributed by atoms with Crippen molar-refractivity contribution in [1.29, 1.82) is 0 Å². The lowest BCUT2D eigenvalue weighted by Gasteiger charge is -2.31. The second-order valence-electron chi connectivity index (χ2n) is 6.94. The van der Waals surface area contributed by atoms with Gasteiger partial charge in [0.15, 0.2) is 0 Å². The predicted molar refractivity (Wildman–Crippen MR) is 86.9 cm³/mol. The van der Waals surface area contributed by atoms with E-state index in [1.165, 1.54) is 12.8 Å². The molecular formula is C17H26N4O. The molecule has 2 aliphatic rings. The van der Waals surface area contributed by atoms with Gasteiger partial charge in [-0.25, -0.2) is 9.97 Å². The van der Waals surface area contributed by atoms with Gasteiger partial charge in [0.05, 0.1) is 5.56 Å². The first-order chi connectivity index (χ1) is 10.6. The molecule has 0 saturated carbocycles. The van der Waals surface area contributed by atoms with E-state index in [1.807, 2.05) is 4.90 Å². The maximum absolute atomic E-state index is 12.5. The van der Waals surface area contributed by atoms with Gasteiger partial charge in [-0.2, -0.15) is 0 Å². The minimum Gasteiger partial charge on any atom is -0.341 e. The second-order valence-corrected chi connectivity index (χ2v) is 6.94. The van der Waals surface area contributed by atoms with Gasteiger partial charge in [0, 0.05) is 38.6 Å². The highest BCUT2D eigenvalue weighted by Gasteiger charge is 2.23. The number of hydrogen-bond acceptors (Lipinski definition) is 4. The van der Waals surface area contributed by atoms with Crippen LogP contribution in [0.4, 0.5) is 5.95 Å². The van der Waals surface area contributed by atoms with E-state index >= 15 is 0 Å². The molecule has 120 valence electrons. The minimum atomic E-state index is 0.0745. The highest BCUT2D eigenvalue weighted by molar-refractivity contribution is 5.93. The Morgan fingerprint density at radius 1 is 1.05 bits per heavy atom. The Kier molecular flexibility index (Phi) is 4.60. The summed E-state index contributed by atoms with van der Waals surface area (Å²) in [4.78, 5) is 25.5. The molecule has 0 bridgehead atoms. The van der Waals surface area contributed by atoms with Crippen molar-refractivity contribution in [2.24, 2.45) is 11.8 Å². The maximum Gasteiger partial charge on any atom is 0.256 e. The third kappa shape index (κ3) is 3.39. The second kappa shape index (κ2) is 6.63. The molecule has 0 aromatic carbocycles. The number of rotatable bonds is 2. The summed E-state index contributed by atoms with van der Waals surface area (Å²) in [7, 11) is 0. The molecule has 3 heterocycles. The first kappa shape index (κ1) is 15.3. The Bertz CT molecular complexity index is 508. The van der Waals surface area contributed by atoms with Crippen molar-refractivity contribution in [3.63, 3.8) is 0 Å². The molecular weight excluding hydrogens is 276 g/mol. The predicted octanol–water partition coefficient (Wildman–Crippen LogP) is 2.59. The average molecular weight is 302 g/mol. The number of aromatic nitrogens is 2. The van der Waals surface area contributed by atoms with Gasteiger partial charge in [0.25, 0.3) is 5.91 Å². The Morgan fingerprint density at radius 3 is 2.36 bits per heavy atom. The summed E-state index contributed by atoms with van der Waals surface area (Å²) in [5.41, 5.74) is 0.614. The molecule has 2 saturated heterocycles. The molecule has 2 fully saturated rings. The van der Waals surface area contributed by atoms with E-state index in [-0.39, 0.29) is 5.91 Å². The number of nitrogens with zero attached hydrogens (tertiary/aromatic N) is 4. The highest BCUT2D eigenvalue weighted by Crippen LogP contribution is 2.21. The van der Waals surface area contributed by atoms with Crippen LogP contribution in [-0.4, -0.2) is 47.0 Å². The van der Waals surface area contributed by atoms with Crippen LogP contribution in [0.15, 0.2) is 12.4 Å². The van der Waals surface area contributed by atoms with Crippen molar-refractivity contribution in [2.75, 3.05) is 31.1 Å². The van der Waals surface area contributed by atoms with E-state index < -0.39 is 0 Å². The fourth-order valence-electron chi connectivity index (χ4n) is 3.36. The molecule has 2 aliphatic heterocycles. The van der Waals surface area contributed by atoms with E-state index in [0.717, 1.165) is 50.9 Å². The summed E-state index contributed by atoms with van der Waals surface area (Å²) in [5, 5.41) is 0. The molecule has 0 aliphatic carbocycles. The van der Waals surface area contributed by atoms with Crippen molar-refractivity contribution in [3.05, 3.63) is 18.0 Å². The molecule has 1 unspecified atom stereocenters. The quantitative estimate of drug-likeness (QED) is 0.842. The summed E-state index contributed by atoms with van der Waals surface area (Å²) in [5.74, 6) is 2.25. The van der Waals surface area contributed by atoms with Crippen molar-refractivity contribution >= 4 is 11.9 Å². The molecule has 0 spiro atoms. The van der Waals surface area contributed by atoms with Gasteiger partial charge < -0.3 is 9.80 Å². The van der Waals surface area contributed by atoms with Crippen LogP contribution in [0.3, 0.4) is 0 Å². The average Bonchev–Trinajstić information content (AvgIpc) is 2.55. The van der Waals surface area contributed by atoms with Crippen molar-refractivity contribution in [3.8, 4) is 0 Å². The van der Waals surface area contributed by atoms with Crippen LogP contribution in [0.2, 0.25) is 0 Å². The Hall–Kier alpha value is -1.65. The standard InChI is InChI=1S/C17H26N4O/c1-13-5-8-20(9-6-13)16(22)15-10-18-17(19-11-15)21-7-3-4-14(2)12-21/h10-11,13-14H,3-9,12H2,1-2H3. The zero-order valence-electron chi connectivity index (χ0n) is 13.7. The summed E-state index contributed by atoms with van der Waals surface area (Å²) < 4.78 is 0. The van der Waals surface area contributed by atoms with Crippen LogP contribution in [0.1, 0.15) is 49.9 Å². The highest BCUT2D eigenvalue weighted by atomic mass is 16.2. The van der Waals surface area contributed by atoms with Gasteiger partial charge >= 0.3 is 0 Å². The van der Waals surface area contributed by atoms with Crippen LogP contribution in [0, 0.1) is 11.8 Å². The lowest BCUT2D eigenvalue weighted by atomic mass is 9.99.